The number of halogens is 2. The van der Waals surface area contributed by atoms with Crippen molar-refractivity contribution in [2.24, 2.45) is 0 Å². The van der Waals surface area contributed by atoms with Gasteiger partial charge in [0.25, 0.3) is 0 Å². The van der Waals surface area contributed by atoms with Crippen LogP contribution in [0.4, 0.5) is 4.39 Å². The molecule has 0 amide bonds. The van der Waals surface area contributed by atoms with Crippen molar-refractivity contribution in [2.75, 3.05) is 6.61 Å². The average molecular weight is 279 g/mol. The van der Waals surface area contributed by atoms with Crippen LogP contribution in [-0.2, 0) is 10.3 Å². The minimum absolute atomic E-state index is 0.172. The van der Waals surface area contributed by atoms with Crippen molar-refractivity contribution in [3.05, 3.63) is 70.5 Å². The van der Waals surface area contributed by atoms with Crippen LogP contribution in [0.25, 0.3) is 0 Å². The van der Waals surface area contributed by atoms with Crippen LogP contribution in [0.2, 0.25) is 5.02 Å². The molecule has 0 aliphatic carbocycles. The zero-order valence-electron chi connectivity index (χ0n) is 10.0. The number of ether oxygens (including phenoxy) is 1. The van der Waals surface area contributed by atoms with Crippen molar-refractivity contribution in [2.45, 2.75) is 11.7 Å². The molecule has 3 rings (SSSR count). The molecule has 1 aliphatic rings. The number of aliphatic hydroxyl groups is 1. The van der Waals surface area contributed by atoms with Crippen molar-refractivity contribution < 1.29 is 14.2 Å². The van der Waals surface area contributed by atoms with Crippen LogP contribution in [0, 0.1) is 5.82 Å². The van der Waals surface area contributed by atoms with E-state index in [4.69, 9.17) is 16.3 Å². The summed E-state index contributed by atoms with van der Waals surface area (Å²) in [5.74, 6) is -0.313. The molecule has 0 unspecified atom stereocenters. The number of hydrogen-bond donors (Lipinski definition) is 1. The second-order valence-corrected chi connectivity index (χ2v) is 4.98. The summed E-state index contributed by atoms with van der Waals surface area (Å²) in [5.41, 5.74) is 0.780. The molecule has 0 spiro atoms. The largest absolute Gasteiger partial charge is 0.393 e. The topological polar surface area (TPSA) is 32.8 Å². The summed E-state index contributed by atoms with van der Waals surface area (Å²) in [5, 5.41) is 10.2. The lowest BCUT2D eigenvalue weighted by Gasteiger charge is -2.10. The Balaban J connectivity index is 1.96. The summed E-state index contributed by atoms with van der Waals surface area (Å²) < 4.78 is 18.6. The number of benzene rings is 2. The van der Waals surface area contributed by atoms with E-state index in [1.54, 1.807) is 18.2 Å². The smallest absolute Gasteiger partial charge is 0.147 e. The van der Waals surface area contributed by atoms with E-state index in [9.17, 15) is 9.50 Å². The van der Waals surface area contributed by atoms with Crippen LogP contribution in [0.3, 0.4) is 0 Å². The third kappa shape index (κ3) is 2.04. The molecule has 19 heavy (non-hydrogen) atoms. The van der Waals surface area contributed by atoms with Gasteiger partial charge >= 0.3 is 0 Å². The zero-order valence-corrected chi connectivity index (χ0v) is 10.8. The predicted octanol–water partition coefficient (Wildman–Crippen LogP) is 3.44. The lowest BCUT2D eigenvalue weighted by Crippen LogP contribution is -2.15. The highest BCUT2D eigenvalue weighted by Crippen LogP contribution is 2.57. The van der Waals surface area contributed by atoms with Crippen molar-refractivity contribution in [1.29, 1.82) is 0 Å². The van der Waals surface area contributed by atoms with Gasteiger partial charge in [-0.25, -0.2) is 4.39 Å². The van der Waals surface area contributed by atoms with E-state index in [2.05, 4.69) is 0 Å². The van der Waals surface area contributed by atoms with Crippen molar-refractivity contribution in [3.63, 3.8) is 0 Å². The summed E-state index contributed by atoms with van der Waals surface area (Å²) in [6.07, 6.45) is -0.295. The van der Waals surface area contributed by atoms with E-state index in [0.29, 0.717) is 5.02 Å². The Morgan fingerprint density at radius 3 is 2.47 bits per heavy atom. The molecule has 2 nitrogen and oxygen atoms in total. The van der Waals surface area contributed by atoms with Gasteiger partial charge in [0.15, 0.2) is 0 Å². The van der Waals surface area contributed by atoms with E-state index in [1.165, 1.54) is 12.1 Å². The normalized spacial score (nSPS) is 25.3. The zero-order chi connectivity index (χ0) is 13.5. The number of hydrogen-bond acceptors (Lipinski definition) is 2. The summed E-state index contributed by atoms with van der Waals surface area (Å²) in [4.78, 5) is 0. The standard InChI is InChI=1S/C15H12ClFO2/c16-13-4-2-1-3-12(13)14-15(9-18,19-14)10-5-7-11(17)8-6-10/h1-8,14,18H,9H2/t14-,15+/m1/s1. The molecule has 2 aromatic carbocycles. The second-order valence-electron chi connectivity index (χ2n) is 4.57. The summed E-state index contributed by atoms with van der Waals surface area (Å²) in [6.45, 7) is -0.172. The van der Waals surface area contributed by atoms with Crippen molar-refractivity contribution in [3.8, 4) is 0 Å². The molecule has 1 fully saturated rings. The van der Waals surface area contributed by atoms with Crippen molar-refractivity contribution in [1.82, 2.24) is 0 Å². The Bertz CT molecular complexity index is 599. The molecule has 4 heteroatoms. The maximum atomic E-state index is 13.0. The van der Waals surface area contributed by atoms with Crippen LogP contribution >= 0.6 is 11.6 Å². The van der Waals surface area contributed by atoms with Gasteiger partial charge in [0.2, 0.25) is 0 Å². The highest BCUT2D eigenvalue weighted by molar-refractivity contribution is 6.31. The SMILES string of the molecule is OC[C@@]1(c2ccc(F)cc2)O[C@@H]1c1ccccc1Cl. The van der Waals surface area contributed by atoms with Gasteiger partial charge in [0.05, 0.1) is 6.61 Å². The van der Waals surface area contributed by atoms with Gasteiger partial charge in [-0.2, -0.15) is 0 Å². The fourth-order valence-electron chi connectivity index (χ4n) is 2.34. The third-order valence-electron chi connectivity index (χ3n) is 3.45. The monoisotopic (exact) mass is 278 g/mol. The Labute approximate surface area is 115 Å². The van der Waals surface area contributed by atoms with Crippen LogP contribution in [0.15, 0.2) is 48.5 Å². The highest BCUT2D eigenvalue weighted by atomic mass is 35.5. The van der Waals surface area contributed by atoms with Gasteiger partial charge in [0, 0.05) is 10.6 Å². The molecule has 0 radical (unpaired) electrons. The van der Waals surface area contributed by atoms with Crippen LogP contribution in [-0.4, -0.2) is 11.7 Å². The quantitative estimate of drug-likeness (QED) is 0.873. The molecule has 0 aromatic heterocycles. The van der Waals surface area contributed by atoms with Crippen LogP contribution in [0.1, 0.15) is 17.2 Å². The number of rotatable bonds is 3. The fraction of sp³-hybridized carbons (Fsp3) is 0.200. The van der Waals surface area contributed by atoms with E-state index in [1.807, 2.05) is 18.2 Å². The molecule has 1 saturated heterocycles. The first kappa shape index (κ1) is 12.6. The molecule has 98 valence electrons. The second kappa shape index (κ2) is 4.60. The molecule has 1 heterocycles. The molecule has 1 N–H and O–H groups in total. The Kier molecular flexibility index (Phi) is 3.05. The summed E-state index contributed by atoms with van der Waals surface area (Å²) >= 11 is 6.13. The number of epoxide rings is 1. The predicted molar refractivity (Wildman–Crippen MR) is 70.4 cm³/mol. The van der Waals surface area contributed by atoms with Gasteiger partial charge < -0.3 is 9.84 Å². The van der Waals surface area contributed by atoms with Crippen LogP contribution < -0.4 is 0 Å². The van der Waals surface area contributed by atoms with E-state index in [-0.39, 0.29) is 18.5 Å². The van der Waals surface area contributed by atoms with Gasteiger partial charge in [0.1, 0.15) is 17.5 Å². The van der Waals surface area contributed by atoms with Gasteiger partial charge in [-0.3, -0.25) is 0 Å². The molecular weight excluding hydrogens is 267 g/mol. The molecule has 2 atom stereocenters. The van der Waals surface area contributed by atoms with Crippen molar-refractivity contribution >= 4 is 11.6 Å². The maximum Gasteiger partial charge on any atom is 0.147 e. The van der Waals surface area contributed by atoms with E-state index < -0.39 is 5.60 Å². The lowest BCUT2D eigenvalue weighted by molar-refractivity contribution is 0.172. The first-order chi connectivity index (χ1) is 9.17. The summed E-state index contributed by atoms with van der Waals surface area (Å²) in [6, 6.07) is 13.3. The van der Waals surface area contributed by atoms with E-state index in [0.717, 1.165) is 11.1 Å². The first-order valence-electron chi connectivity index (χ1n) is 5.96. The first-order valence-corrected chi connectivity index (χ1v) is 6.34. The average Bonchev–Trinajstić information content (AvgIpc) is 3.16. The van der Waals surface area contributed by atoms with Gasteiger partial charge in [-0.05, 0) is 23.8 Å². The fourth-order valence-corrected chi connectivity index (χ4v) is 2.58. The minimum Gasteiger partial charge on any atom is -0.393 e. The Morgan fingerprint density at radius 1 is 1.16 bits per heavy atom. The minimum atomic E-state index is -0.807. The Morgan fingerprint density at radius 2 is 1.84 bits per heavy atom. The molecule has 0 bridgehead atoms. The molecular formula is C15H12ClFO2. The summed E-state index contributed by atoms with van der Waals surface area (Å²) in [7, 11) is 0. The molecule has 2 aromatic rings. The van der Waals surface area contributed by atoms with Gasteiger partial charge in [-0.15, -0.1) is 0 Å². The number of aliphatic hydroxyl groups excluding tert-OH is 1. The lowest BCUT2D eigenvalue weighted by atomic mass is 9.92. The van der Waals surface area contributed by atoms with E-state index >= 15 is 0 Å². The Hall–Kier alpha value is -1.42. The molecule has 0 saturated carbocycles. The highest BCUT2D eigenvalue weighted by Gasteiger charge is 2.58. The van der Waals surface area contributed by atoms with Gasteiger partial charge in [-0.1, -0.05) is 41.9 Å². The molecule has 1 aliphatic heterocycles. The third-order valence-corrected chi connectivity index (χ3v) is 3.79. The van der Waals surface area contributed by atoms with Crippen LogP contribution in [0.5, 0.6) is 0 Å². The maximum absolute atomic E-state index is 13.0.